The fourth-order valence-corrected chi connectivity index (χ4v) is 4.47. The van der Waals surface area contributed by atoms with Crippen molar-refractivity contribution in [2.75, 3.05) is 39.4 Å². The lowest BCUT2D eigenvalue weighted by Crippen LogP contribution is -2.43. The van der Waals surface area contributed by atoms with Gasteiger partial charge in [-0.2, -0.15) is 11.8 Å². The zero-order chi connectivity index (χ0) is 29.3. The van der Waals surface area contributed by atoms with Crippen molar-refractivity contribution >= 4 is 29.6 Å². The van der Waals surface area contributed by atoms with Gasteiger partial charge >= 0.3 is 11.9 Å². The molecule has 1 heterocycles. The molecule has 1 aliphatic rings. The van der Waals surface area contributed by atoms with Gasteiger partial charge in [0.1, 0.15) is 19.3 Å². The van der Waals surface area contributed by atoms with Crippen LogP contribution in [-0.4, -0.2) is 81.6 Å². The number of hydrogen-bond acceptors (Lipinski definition) is 9. The minimum atomic E-state index is -0.967. The molecule has 1 aromatic carbocycles. The van der Waals surface area contributed by atoms with Gasteiger partial charge in [-0.3, -0.25) is 4.79 Å². The van der Waals surface area contributed by atoms with E-state index in [1.807, 2.05) is 56.5 Å². The van der Waals surface area contributed by atoms with Gasteiger partial charge in [-0.05, 0) is 30.1 Å². The number of carbonyl (C=O) groups excluding carboxylic acids is 3. The van der Waals surface area contributed by atoms with Crippen LogP contribution < -0.4 is 5.32 Å². The van der Waals surface area contributed by atoms with Crippen molar-refractivity contribution in [1.29, 1.82) is 0 Å². The molecule has 222 valence electrons. The number of benzene rings is 1. The van der Waals surface area contributed by atoms with Gasteiger partial charge in [0.05, 0.1) is 18.8 Å². The highest BCUT2D eigenvalue weighted by molar-refractivity contribution is 7.98. The standard InChI is InChI=1S/C30H43NO8S/c1-21-10-9-13-28(32)31-24(16-17-40-5)29(33)38-19-27(36-4)22(2)14-15-25(30(34)39-20-26(21)35-3)37-18-23-11-7-6-8-12-23/h6-12,14-15,21-22,24-27H,13,16-20H2,1-5H3,(H,31,32)/t21-,22+,24+,25+,26-,27+/m1/s1. The van der Waals surface area contributed by atoms with Crippen LogP contribution in [0.3, 0.4) is 0 Å². The zero-order valence-electron chi connectivity index (χ0n) is 24.1. The highest BCUT2D eigenvalue weighted by Gasteiger charge is 2.26. The summed E-state index contributed by atoms with van der Waals surface area (Å²) in [6.07, 6.45) is 7.58. The van der Waals surface area contributed by atoms with Gasteiger partial charge in [0, 0.05) is 32.5 Å². The maximum absolute atomic E-state index is 13.1. The molecule has 0 radical (unpaired) electrons. The van der Waals surface area contributed by atoms with E-state index in [1.54, 1.807) is 37.1 Å². The summed E-state index contributed by atoms with van der Waals surface area (Å²) < 4.78 is 28.2. The Bertz CT molecular complexity index is 970. The Kier molecular flexibility index (Phi) is 15.6. The molecule has 0 aromatic heterocycles. The summed E-state index contributed by atoms with van der Waals surface area (Å²) in [4.78, 5) is 38.6. The van der Waals surface area contributed by atoms with Crippen LogP contribution in [0, 0.1) is 11.8 Å². The molecule has 0 fully saturated rings. The van der Waals surface area contributed by atoms with E-state index in [1.165, 1.54) is 7.11 Å². The number of thioether (sulfide) groups is 1. The molecule has 0 unspecified atom stereocenters. The minimum Gasteiger partial charge on any atom is -0.461 e. The normalized spacial score (nSPS) is 27.6. The Morgan fingerprint density at radius 2 is 1.52 bits per heavy atom. The molecule has 1 N–H and O–H groups in total. The van der Waals surface area contributed by atoms with Crippen molar-refractivity contribution in [2.45, 2.75) is 57.6 Å². The van der Waals surface area contributed by atoms with Crippen LogP contribution in [0.15, 0.2) is 54.6 Å². The molecule has 6 atom stereocenters. The molecule has 1 aliphatic heterocycles. The second-order valence-corrected chi connectivity index (χ2v) is 10.6. The molecule has 0 bridgehead atoms. The molecule has 2 rings (SSSR count). The molecule has 10 heteroatoms. The lowest BCUT2D eigenvalue weighted by atomic mass is 10.0. The van der Waals surface area contributed by atoms with E-state index in [4.69, 9.17) is 23.7 Å². The summed E-state index contributed by atoms with van der Waals surface area (Å²) >= 11 is 1.58. The van der Waals surface area contributed by atoms with Gasteiger partial charge in [-0.25, -0.2) is 9.59 Å². The van der Waals surface area contributed by atoms with Crippen molar-refractivity contribution in [1.82, 2.24) is 5.32 Å². The van der Waals surface area contributed by atoms with Gasteiger partial charge in [-0.1, -0.05) is 62.4 Å². The number of rotatable bonds is 8. The molecule has 0 saturated heterocycles. The fourth-order valence-electron chi connectivity index (χ4n) is 3.99. The van der Waals surface area contributed by atoms with E-state index in [0.717, 1.165) is 5.56 Å². The van der Waals surface area contributed by atoms with Gasteiger partial charge in [0.25, 0.3) is 0 Å². The summed E-state index contributed by atoms with van der Waals surface area (Å²) in [7, 11) is 3.07. The predicted octanol–water partition coefficient (Wildman–Crippen LogP) is 3.71. The number of ether oxygens (including phenoxy) is 5. The monoisotopic (exact) mass is 577 g/mol. The van der Waals surface area contributed by atoms with Crippen LogP contribution in [0.25, 0.3) is 0 Å². The number of methoxy groups -OCH3 is 2. The van der Waals surface area contributed by atoms with E-state index in [9.17, 15) is 14.4 Å². The van der Waals surface area contributed by atoms with Crippen LogP contribution in [-0.2, 0) is 44.7 Å². The number of amides is 1. The quantitative estimate of drug-likeness (QED) is 0.365. The molecule has 9 nitrogen and oxygen atoms in total. The molecule has 0 spiro atoms. The summed E-state index contributed by atoms with van der Waals surface area (Å²) in [6.45, 7) is 4.02. The lowest BCUT2D eigenvalue weighted by Gasteiger charge is -2.23. The van der Waals surface area contributed by atoms with E-state index in [-0.39, 0.29) is 44.0 Å². The van der Waals surface area contributed by atoms with Crippen molar-refractivity contribution < 1.29 is 38.1 Å². The Balaban J connectivity index is 2.28. The van der Waals surface area contributed by atoms with Crippen molar-refractivity contribution in [3.8, 4) is 0 Å². The molecule has 0 aliphatic carbocycles. The first kappa shape index (κ1) is 33.5. The van der Waals surface area contributed by atoms with E-state index < -0.39 is 36.3 Å². The van der Waals surface area contributed by atoms with Gasteiger partial charge < -0.3 is 29.0 Å². The van der Waals surface area contributed by atoms with Gasteiger partial charge in [-0.15, -0.1) is 0 Å². The first-order chi connectivity index (χ1) is 19.3. The Hall–Kier alpha value is -2.66. The summed E-state index contributed by atoms with van der Waals surface area (Å²) in [5.41, 5.74) is 0.918. The SMILES string of the molecule is CO[C@H]1COC(=O)[C@H](CCSC)NC(=O)CC=C[C@@H](C)[C@H](OC)COC(=O)[C@@H](OCc2ccccc2)C=C[C@@H]1C. The smallest absolute Gasteiger partial charge is 0.339 e. The van der Waals surface area contributed by atoms with Crippen LogP contribution in [0.5, 0.6) is 0 Å². The molecular formula is C30H43NO8S. The van der Waals surface area contributed by atoms with Crippen molar-refractivity contribution in [3.63, 3.8) is 0 Å². The summed E-state index contributed by atoms with van der Waals surface area (Å²) in [5, 5.41) is 2.79. The maximum atomic E-state index is 13.1. The third-order valence-electron chi connectivity index (χ3n) is 6.63. The van der Waals surface area contributed by atoms with Crippen LogP contribution in [0.4, 0.5) is 0 Å². The maximum Gasteiger partial charge on any atom is 0.339 e. The first-order valence-corrected chi connectivity index (χ1v) is 14.9. The van der Waals surface area contributed by atoms with Crippen LogP contribution in [0.1, 0.15) is 32.3 Å². The lowest BCUT2D eigenvalue weighted by molar-refractivity contribution is -0.159. The second kappa shape index (κ2) is 18.6. The Labute approximate surface area is 242 Å². The van der Waals surface area contributed by atoms with Crippen LogP contribution >= 0.6 is 11.8 Å². The third-order valence-corrected chi connectivity index (χ3v) is 7.27. The zero-order valence-corrected chi connectivity index (χ0v) is 24.9. The molecular weight excluding hydrogens is 534 g/mol. The minimum absolute atomic E-state index is 0.0145. The fraction of sp³-hybridized carbons (Fsp3) is 0.567. The van der Waals surface area contributed by atoms with E-state index in [2.05, 4.69) is 5.32 Å². The molecule has 1 aromatic rings. The number of nitrogens with one attached hydrogen (secondary N) is 1. The second-order valence-electron chi connectivity index (χ2n) is 9.66. The summed E-state index contributed by atoms with van der Waals surface area (Å²) in [5.74, 6) is -1.04. The molecule has 0 saturated carbocycles. The summed E-state index contributed by atoms with van der Waals surface area (Å²) in [6, 6.07) is 8.78. The van der Waals surface area contributed by atoms with E-state index >= 15 is 0 Å². The molecule has 1 amide bonds. The Morgan fingerprint density at radius 1 is 0.900 bits per heavy atom. The third kappa shape index (κ3) is 11.8. The first-order valence-electron chi connectivity index (χ1n) is 13.5. The number of hydrogen-bond donors (Lipinski definition) is 1. The highest BCUT2D eigenvalue weighted by Crippen LogP contribution is 2.15. The van der Waals surface area contributed by atoms with Gasteiger partial charge in [0.2, 0.25) is 5.91 Å². The molecule has 40 heavy (non-hydrogen) atoms. The van der Waals surface area contributed by atoms with Crippen molar-refractivity contribution in [2.24, 2.45) is 11.8 Å². The topological polar surface area (TPSA) is 109 Å². The average Bonchev–Trinajstić information content (AvgIpc) is 2.95. The average molecular weight is 578 g/mol. The van der Waals surface area contributed by atoms with Crippen molar-refractivity contribution in [3.05, 3.63) is 60.2 Å². The largest absolute Gasteiger partial charge is 0.461 e. The predicted molar refractivity (Wildman–Crippen MR) is 155 cm³/mol. The highest BCUT2D eigenvalue weighted by atomic mass is 32.2. The Morgan fingerprint density at radius 3 is 2.15 bits per heavy atom. The van der Waals surface area contributed by atoms with Crippen LogP contribution in [0.2, 0.25) is 0 Å². The number of carbonyl (C=O) groups is 3. The number of esters is 2. The van der Waals surface area contributed by atoms with Gasteiger partial charge in [0.15, 0.2) is 6.10 Å². The number of cyclic esters (lactones) is 2. The van der Waals surface area contributed by atoms with E-state index in [0.29, 0.717) is 12.2 Å².